The van der Waals surface area contributed by atoms with Crippen molar-refractivity contribution in [3.8, 4) is 0 Å². The molecule has 1 fully saturated rings. The topological polar surface area (TPSA) is 82.6 Å². The van der Waals surface area contributed by atoms with Gasteiger partial charge in [-0.05, 0) is 25.5 Å². The van der Waals surface area contributed by atoms with Gasteiger partial charge >= 0.3 is 0 Å². The van der Waals surface area contributed by atoms with Gasteiger partial charge in [0.15, 0.2) is 0 Å². The van der Waals surface area contributed by atoms with Crippen molar-refractivity contribution in [2.75, 3.05) is 26.2 Å². The van der Waals surface area contributed by atoms with Crippen LogP contribution in [0.4, 0.5) is 0 Å². The highest BCUT2D eigenvalue weighted by atomic mass is 16.2. The molecule has 0 saturated carbocycles. The number of pyridine rings is 1. The summed E-state index contributed by atoms with van der Waals surface area (Å²) in [5.41, 5.74) is 0.677. The quantitative estimate of drug-likeness (QED) is 0.803. The zero-order chi connectivity index (χ0) is 16.8. The number of aromatic nitrogens is 1. The Morgan fingerprint density at radius 3 is 2.65 bits per heavy atom. The van der Waals surface area contributed by atoms with E-state index in [9.17, 15) is 14.4 Å². The molecule has 2 rings (SSSR count). The van der Waals surface area contributed by atoms with Crippen LogP contribution in [0.1, 0.15) is 41.1 Å². The molecule has 1 aliphatic rings. The molecule has 1 saturated heterocycles. The first-order valence-corrected chi connectivity index (χ1v) is 7.80. The number of carbonyl (C=O) groups is 3. The molecule has 0 spiro atoms. The molecule has 124 valence electrons. The fraction of sp³-hybridized carbons (Fsp3) is 0.500. The Bertz CT molecular complexity index is 582. The van der Waals surface area contributed by atoms with E-state index in [0.717, 1.165) is 12.8 Å². The molecule has 2 heterocycles. The van der Waals surface area contributed by atoms with Crippen molar-refractivity contribution in [3.05, 3.63) is 29.6 Å². The van der Waals surface area contributed by atoms with Crippen LogP contribution in [0.5, 0.6) is 0 Å². The van der Waals surface area contributed by atoms with Gasteiger partial charge in [-0.3, -0.25) is 19.4 Å². The highest BCUT2D eigenvalue weighted by Gasteiger charge is 2.23. The maximum absolute atomic E-state index is 12.5. The molecule has 23 heavy (non-hydrogen) atoms. The summed E-state index contributed by atoms with van der Waals surface area (Å²) >= 11 is 0. The van der Waals surface area contributed by atoms with Crippen LogP contribution in [0, 0.1) is 0 Å². The van der Waals surface area contributed by atoms with E-state index in [1.165, 1.54) is 12.3 Å². The fourth-order valence-corrected chi connectivity index (χ4v) is 2.29. The first-order valence-electron chi connectivity index (χ1n) is 7.80. The van der Waals surface area contributed by atoms with Crippen molar-refractivity contribution in [2.24, 2.45) is 0 Å². The largest absolute Gasteiger partial charge is 0.350 e. The molecular weight excluding hydrogens is 296 g/mol. The van der Waals surface area contributed by atoms with Crippen LogP contribution in [0.3, 0.4) is 0 Å². The van der Waals surface area contributed by atoms with Crippen molar-refractivity contribution in [1.82, 2.24) is 20.1 Å². The second-order valence-electron chi connectivity index (χ2n) is 5.65. The van der Waals surface area contributed by atoms with Crippen molar-refractivity contribution in [2.45, 2.75) is 26.3 Å². The lowest BCUT2D eigenvalue weighted by molar-refractivity contribution is -0.119. The van der Waals surface area contributed by atoms with Crippen LogP contribution in [0.25, 0.3) is 0 Å². The van der Waals surface area contributed by atoms with E-state index in [1.54, 1.807) is 15.9 Å². The van der Waals surface area contributed by atoms with Gasteiger partial charge in [0.1, 0.15) is 5.69 Å². The Hall–Kier alpha value is -2.44. The molecular formula is C16H22N4O3. The molecule has 1 atom stereocenters. The zero-order valence-electron chi connectivity index (χ0n) is 13.5. The van der Waals surface area contributed by atoms with Gasteiger partial charge < -0.3 is 15.1 Å². The van der Waals surface area contributed by atoms with Gasteiger partial charge in [-0.25, -0.2) is 0 Å². The Morgan fingerprint density at radius 2 is 2.04 bits per heavy atom. The van der Waals surface area contributed by atoms with Gasteiger partial charge in [0.25, 0.3) is 11.8 Å². The van der Waals surface area contributed by atoms with E-state index in [-0.39, 0.29) is 23.6 Å². The summed E-state index contributed by atoms with van der Waals surface area (Å²) in [6.45, 7) is 5.90. The van der Waals surface area contributed by atoms with Gasteiger partial charge in [0.05, 0.1) is 0 Å². The maximum atomic E-state index is 12.5. The highest BCUT2D eigenvalue weighted by molar-refractivity contribution is 5.98. The summed E-state index contributed by atoms with van der Waals surface area (Å²) in [4.78, 5) is 42.7. The molecule has 0 bridgehead atoms. The summed E-state index contributed by atoms with van der Waals surface area (Å²) in [5.74, 6) is -0.421. The smallest absolute Gasteiger partial charge is 0.272 e. The normalized spacial score (nSPS) is 15.9. The Labute approximate surface area is 135 Å². The van der Waals surface area contributed by atoms with Crippen molar-refractivity contribution in [3.63, 3.8) is 0 Å². The average Bonchev–Trinajstić information content (AvgIpc) is 2.61. The van der Waals surface area contributed by atoms with Crippen LogP contribution in [0.2, 0.25) is 0 Å². The van der Waals surface area contributed by atoms with Crippen molar-refractivity contribution >= 4 is 18.2 Å². The summed E-state index contributed by atoms with van der Waals surface area (Å²) < 4.78 is 0. The minimum absolute atomic E-state index is 0.0752. The molecule has 1 aliphatic heterocycles. The molecule has 1 aromatic heterocycles. The molecule has 0 aliphatic carbocycles. The average molecular weight is 318 g/mol. The Morgan fingerprint density at radius 1 is 1.35 bits per heavy atom. The molecule has 1 unspecified atom stereocenters. The summed E-state index contributed by atoms with van der Waals surface area (Å²) in [6.07, 6.45) is 3.10. The summed E-state index contributed by atoms with van der Waals surface area (Å²) in [7, 11) is 0. The number of hydrogen-bond acceptors (Lipinski definition) is 4. The first kappa shape index (κ1) is 16.9. The lowest BCUT2D eigenvalue weighted by Gasteiger charge is -2.32. The number of piperazine rings is 1. The van der Waals surface area contributed by atoms with Crippen LogP contribution < -0.4 is 5.32 Å². The van der Waals surface area contributed by atoms with Crippen molar-refractivity contribution < 1.29 is 14.4 Å². The third-order valence-electron chi connectivity index (χ3n) is 3.98. The molecule has 3 amide bonds. The molecule has 0 aromatic carbocycles. The van der Waals surface area contributed by atoms with Crippen LogP contribution in [0.15, 0.2) is 18.3 Å². The molecule has 7 nitrogen and oxygen atoms in total. The number of rotatable bonds is 5. The number of nitrogens with zero attached hydrogens (tertiary/aromatic N) is 3. The molecule has 1 N–H and O–H groups in total. The number of hydrogen-bond donors (Lipinski definition) is 1. The van der Waals surface area contributed by atoms with Gasteiger partial charge in [-0.15, -0.1) is 0 Å². The van der Waals surface area contributed by atoms with Crippen LogP contribution >= 0.6 is 0 Å². The first-order chi connectivity index (χ1) is 11.0. The lowest BCUT2D eigenvalue weighted by atomic mass is 10.1. The third kappa shape index (κ3) is 4.28. The maximum Gasteiger partial charge on any atom is 0.272 e. The minimum atomic E-state index is -0.214. The number of amides is 3. The summed E-state index contributed by atoms with van der Waals surface area (Å²) in [5, 5.41) is 2.87. The Kier molecular flexibility index (Phi) is 5.67. The number of nitrogens with one attached hydrogen (secondary N) is 1. The van der Waals surface area contributed by atoms with Crippen LogP contribution in [-0.2, 0) is 4.79 Å². The van der Waals surface area contributed by atoms with Gasteiger partial charge in [-0.1, -0.05) is 6.92 Å². The monoisotopic (exact) mass is 318 g/mol. The van der Waals surface area contributed by atoms with E-state index in [0.29, 0.717) is 31.7 Å². The van der Waals surface area contributed by atoms with Gasteiger partial charge in [0, 0.05) is 44.0 Å². The van der Waals surface area contributed by atoms with Crippen molar-refractivity contribution in [1.29, 1.82) is 0 Å². The van der Waals surface area contributed by atoms with Gasteiger partial charge in [-0.2, -0.15) is 0 Å². The second kappa shape index (κ2) is 7.71. The number of carbonyl (C=O) groups excluding carboxylic acids is 3. The van der Waals surface area contributed by atoms with E-state index in [4.69, 9.17) is 0 Å². The molecule has 0 radical (unpaired) electrons. The second-order valence-corrected chi connectivity index (χ2v) is 5.65. The fourth-order valence-electron chi connectivity index (χ4n) is 2.29. The van der Waals surface area contributed by atoms with E-state index < -0.39 is 0 Å². The third-order valence-corrected chi connectivity index (χ3v) is 3.98. The standard InChI is InChI=1S/C16H22N4O3/c1-3-12(2)18-15(22)13-4-5-17-14(10-13)16(23)20-8-6-19(11-21)7-9-20/h4-5,10-12H,3,6-9H2,1-2H3,(H,18,22). The van der Waals surface area contributed by atoms with Crippen LogP contribution in [-0.4, -0.2) is 65.2 Å². The predicted octanol–water partition coefficient (Wildman–Crippen LogP) is 0.524. The predicted molar refractivity (Wildman–Crippen MR) is 85.0 cm³/mol. The molecule has 1 aromatic rings. The highest BCUT2D eigenvalue weighted by Crippen LogP contribution is 2.09. The Balaban J connectivity index is 2.05. The van der Waals surface area contributed by atoms with E-state index in [2.05, 4.69) is 10.3 Å². The van der Waals surface area contributed by atoms with E-state index in [1.807, 2.05) is 13.8 Å². The SMILES string of the molecule is CCC(C)NC(=O)c1ccnc(C(=O)N2CCN(C=O)CC2)c1. The lowest BCUT2D eigenvalue weighted by Crippen LogP contribution is -2.48. The van der Waals surface area contributed by atoms with Gasteiger partial charge in [0.2, 0.25) is 6.41 Å². The van der Waals surface area contributed by atoms with E-state index >= 15 is 0 Å². The minimum Gasteiger partial charge on any atom is -0.350 e. The zero-order valence-corrected chi connectivity index (χ0v) is 13.5. The molecule has 7 heteroatoms. The summed E-state index contributed by atoms with van der Waals surface area (Å²) in [6, 6.07) is 3.19.